The number of methoxy groups -OCH3 is 1. The zero-order valence-corrected chi connectivity index (χ0v) is 15.6. The van der Waals surface area contributed by atoms with Gasteiger partial charge >= 0.3 is 5.97 Å². The quantitative estimate of drug-likeness (QED) is 0.748. The number of para-hydroxylation sites is 1. The normalized spacial score (nSPS) is 12.8. The maximum Gasteiger partial charge on any atom is 0.337 e. The van der Waals surface area contributed by atoms with Gasteiger partial charge in [-0.3, -0.25) is 4.79 Å². The molecule has 0 aliphatic rings. The number of esters is 1. The Morgan fingerprint density at radius 1 is 1.04 bits per heavy atom. The molecule has 2 aromatic rings. The smallest absolute Gasteiger partial charge is 0.337 e. The molecule has 0 spiro atoms. The van der Waals surface area contributed by atoms with E-state index in [-0.39, 0.29) is 5.91 Å². The first-order valence-corrected chi connectivity index (χ1v) is 8.71. The third-order valence-electron chi connectivity index (χ3n) is 4.32. The van der Waals surface area contributed by atoms with Gasteiger partial charge in [0.25, 0.3) is 5.91 Å². The fourth-order valence-corrected chi connectivity index (χ4v) is 2.54. The molecule has 0 aliphatic heterocycles. The van der Waals surface area contributed by atoms with Gasteiger partial charge in [-0.25, -0.2) is 4.79 Å². The number of hydrogen-bond donors (Lipinski definition) is 1. The standard InChI is InChI=1S/C21H25NO4/c1-5-14(2)18-8-6-7-9-19(18)22-20(23)15(3)26-17-12-10-16(11-13-17)21(24)25-4/h6-15H,5H2,1-4H3,(H,22,23)/t14-,15+/m0/s1. The third kappa shape index (κ3) is 4.85. The summed E-state index contributed by atoms with van der Waals surface area (Å²) in [6.07, 6.45) is 0.315. The van der Waals surface area contributed by atoms with Crippen molar-refractivity contribution in [3.05, 3.63) is 59.7 Å². The first-order chi connectivity index (χ1) is 12.5. The second-order valence-electron chi connectivity index (χ2n) is 6.16. The van der Waals surface area contributed by atoms with Crippen molar-refractivity contribution in [1.82, 2.24) is 0 Å². The number of ether oxygens (including phenoxy) is 2. The molecule has 0 bridgehead atoms. The van der Waals surface area contributed by atoms with Crippen molar-refractivity contribution in [3.8, 4) is 5.75 Å². The van der Waals surface area contributed by atoms with Crippen LogP contribution in [0.5, 0.6) is 5.75 Å². The van der Waals surface area contributed by atoms with Crippen molar-refractivity contribution in [2.75, 3.05) is 12.4 Å². The van der Waals surface area contributed by atoms with Gasteiger partial charge in [0, 0.05) is 5.69 Å². The molecule has 1 amide bonds. The Morgan fingerprint density at radius 2 is 1.69 bits per heavy atom. The molecule has 0 aromatic heterocycles. The lowest BCUT2D eigenvalue weighted by Crippen LogP contribution is -2.30. The highest BCUT2D eigenvalue weighted by Gasteiger charge is 2.18. The number of amides is 1. The molecular formula is C21H25NO4. The van der Waals surface area contributed by atoms with Gasteiger partial charge in [0.1, 0.15) is 5.75 Å². The van der Waals surface area contributed by atoms with Crippen LogP contribution in [0.2, 0.25) is 0 Å². The minimum atomic E-state index is -0.677. The van der Waals surface area contributed by atoms with E-state index in [1.54, 1.807) is 31.2 Å². The van der Waals surface area contributed by atoms with E-state index in [1.165, 1.54) is 7.11 Å². The first kappa shape index (κ1) is 19.5. The van der Waals surface area contributed by atoms with Crippen LogP contribution in [0, 0.1) is 0 Å². The van der Waals surface area contributed by atoms with Gasteiger partial charge < -0.3 is 14.8 Å². The molecular weight excluding hydrogens is 330 g/mol. The Hall–Kier alpha value is -2.82. The zero-order chi connectivity index (χ0) is 19.1. The van der Waals surface area contributed by atoms with E-state index in [1.807, 2.05) is 24.3 Å². The van der Waals surface area contributed by atoms with Crippen LogP contribution in [-0.2, 0) is 9.53 Å². The number of anilines is 1. The van der Waals surface area contributed by atoms with Crippen molar-refractivity contribution < 1.29 is 19.1 Å². The van der Waals surface area contributed by atoms with E-state index < -0.39 is 12.1 Å². The lowest BCUT2D eigenvalue weighted by atomic mass is 9.97. The molecule has 26 heavy (non-hydrogen) atoms. The molecule has 0 unspecified atom stereocenters. The molecule has 2 rings (SSSR count). The molecule has 0 aliphatic carbocycles. The molecule has 5 heteroatoms. The van der Waals surface area contributed by atoms with Crippen molar-refractivity contribution >= 4 is 17.6 Å². The third-order valence-corrected chi connectivity index (χ3v) is 4.32. The number of rotatable bonds is 7. The van der Waals surface area contributed by atoms with Crippen LogP contribution >= 0.6 is 0 Å². The molecule has 5 nitrogen and oxygen atoms in total. The van der Waals surface area contributed by atoms with E-state index in [0.717, 1.165) is 17.7 Å². The Labute approximate surface area is 154 Å². The van der Waals surface area contributed by atoms with E-state index in [9.17, 15) is 9.59 Å². The van der Waals surface area contributed by atoms with Gasteiger partial charge in [0.05, 0.1) is 12.7 Å². The van der Waals surface area contributed by atoms with Crippen molar-refractivity contribution in [1.29, 1.82) is 0 Å². The largest absolute Gasteiger partial charge is 0.481 e. The maximum atomic E-state index is 12.5. The average Bonchev–Trinajstić information content (AvgIpc) is 2.67. The average molecular weight is 355 g/mol. The van der Waals surface area contributed by atoms with Crippen LogP contribution in [-0.4, -0.2) is 25.1 Å². The minimum absolute atomic E-state index is 0.224. The Bertz CT molecular complexity index is 755. The molecule has 2 aromatic carbocycles. The predicted octanol–water partition coefficient (Wildman–Crippen LogP) is 4.39. The molecule has 0 saturated carbocycles. The van der Waals surface area contributed by atoms with Crippen LogP contribution in [0.3, 0.4) is 0 Å². The summed E-state index contributed by atoms with van der Waals surface area (Å²) in [5.74, 6) is 0.228. The van der Waals surface area contributed by atoms with Crippen LogP contribution in [0.25, 0.3) is 0 Å². The summed E-state index contributed by atoms with van der Waals surface area (Å²) < 4.78 is 10.3. The molecule has 0 radical (unpaired) electrons. The number of hydrogen-bond acceptors (Lipinski definition) is 4. The van der Waals surface area contributed by atoms with Gasteiger partial charge in [-0.2, -0.15) is 0 Å². The molecule has 1 N–H and O–H groups in total. The van der Waals surface area contributed by atoms with Gasteiger partial charge in [-0.1, -0.05) is 32.0 Å². The van der Waals surface area contributed by atoms with Gasteiger partial charge in [0.15, 0.2) is 6.10 Å². The number of benzene rings is 2. The van der Waals surface area contributed by atoms with Crippen LogP contribution in [0.15, 0.2) is 48.5 Å². The molecule has 138 valence electrons. The summed E-state index contributed by atoms with van der Waals surface area (Å²) in [6.45, 7) is 5.94. The topological polar surface area (TPSA) is 64.6 Å². The van der Waals surface area contributed by atoms with Gasteiger partial charge in [-0.15, -0.1) is 0 Å². The summed E-state index contributed by atoms with van der Waals surface area (Å²) in [5, 5.41) is 2.95. The molecule has 0 heterocycles. The number of carbonyl (C=O) groups is 2. The highest BCUT2D eigenvalue weighted by molar-refractivity contribution is 5.95. The van der Waals surface area contributed by atoms with Gasteiger partial charge in [0.2, 0.25) is 0 Å². The van der Waals surface area contributed by atoms with Crippen molar-refractivity contribution in [2.24, 2.45) is 0 Å². The van der Waals surface area contributed by atoms with E-state index >= 15 is 0 Å². The summed E-state index contributed by atoms with van der Waals surface area (Å²) >= 11 is 0. The predicted molar refractivity (Wildman–Crippen MR) is 102 cm³/mol. The van der Waals surface area contributed by atoms with Crippen LogP contribution in [0.1, 0.15) is 49.0 Å². The molecule has 0 fully saturated rings. The summed E-state index contributed by atoms with van der Waals surface area (Å²) in [4.78, 5) is 23.9. The van der Waals surface area contributed by atoms with E-state index in [0.29, 0.717) is 17.2 Å². The highest BCUT2D eigenvalue weighted by Crippen LogP contribution is 2.26. The SMILES string of the molecule is CC[C@H](C)c1ccccc1NC(=O)[C@@H](C)Oc1ccc(C(=O)OC)cc1. The van der Waals surface area contributed by atoms with E-state index in [4.69, 9.17) is 4.74 Å². The van der Waals surface area contributed by atoms with Crippen molar-refractivity contribution in [2.45, 2.75) is 39.2 Å². The zero-order valence-electron chi connectivity index (χ0n) is 15.6. The summed E-state index contributed by atoms with van der Waals surface area (Å²) in [6, 6.07) is 14.3. The Kier molecular flexibility index (Phi) is 6.78. The molecule has 2 atom stereocenters. The number of nitrogens with one attached hydrogen (secondary N) is 1. The summed E-state index contributed by atoms with van der Waals surface area (Å²) in [7, 11) is 1.33. The van der Waals surface area contributed by atoms with Crippen molar-refractivity contribution in [3.63, 3.8) is 0 Å². The molecule has 0 saturated heterocycles. The second kappa shape index (κ2) is 9.04. The van der Waals surface area contributed by atoms with Crippen LogP contribution < -0.4 is 10.1 Å². The Balaban J connectivity index is 2.03. The minimum Gasteiger partial charge on any atom is -0.481 e. The highest BCUT2D eigenvalue weighted by atomic mass is 16.5. The Morgan fingerprint density at radius 3 is 2.31 bits per heavy atom. The lowest BCUT2D eigenvalue weighted by Gasteiger charge is -2.18. The second-order valence-corrected chi connectivity index (χ2v) is 6.16. The maximum absolute atomic E-state index is 12.5. The van der Waals surface area contributed by atoms with Crippen LogP contribution in [0.4, 0.5) is 5.69 Å². The lowest BCUT2D eigenvalue weighted by molar-refractivity contribution is -0.122. The first-order valence-electron chi connectivity index (χ1n) is 8.71. The monoisotopic (exact) mass is 355 g/mol. The fraction of sp³-hybridized carbons (Fsp3) is 0.333. The van der Waals surface area contributed by atoms with E-state index in [2.05, 4.69) is 23.9 Å². The summed E-state index contributed by atoms with van der Waals surface area (Å²) in [5.41, 5.74) is 2.35. The van der Waals surface area contributed by atoms with Gasteiger partial charge in [-0.05, 0) is 55.2 Å². The number of carbonyl (C=O) groups excluding carboxylic acids is 2. The fourth-order valence-electron chi connectivity index (χ4n) is 2.54.